The number of rotatable bonds is 1. The second-order valence-corrected chi connectivity index (χ2v) is 8.01. The van der Waals surface area contributed by atoms with Crippen molar-refractivity contribution in [2.75, 3.05) is 7.11 Å². The molecule has 1 spiro atoms. The minimum Gasteiger partial charge on any atom is -0.497 e. The zero-order chi connectivity index (χ0) is 17.2. The van der Waals surface area contributed by atoms with E-state index in [-0.39, 0.29) is 11.2 Å². The molecule has 2 aromatic carbocycles. The van der Waals surface area contributed by atoms with E-state index < -0.39 is 0 Å². The molecule has 4 heteroatoms. The van der Waals surface area contributed by atoms with Crippen LogP contribution in [0.1, 0.15) is 52.9 Å². The Morgan fingerprint density at radius 3 is 2.68 bits per heavy atom. The summed E-state index contributed by atoms with van der Waals surface area (Å²) in [5.74, 6) is 0.943. The summed E-state index contributed by atoms with van der Waals surface area (Å²) in [7, 11) is 1.68. The SMILES string of the molecule is COc1ccc2c(c1)C1(CCCC1)c1[nH]c3cc(Br)ccc3c1C2=O. The molecule has 0 unspecified atom stereocenters. The van der Waals surface area contributed by atoms with Crippen LogP contribution < -0.4 is 4.74 Å². The number of carbonyl (C=O) groups excluding carboxylic acids is 1. The van der Waals surface area contributed by atoms with E-state index in [2.05, 4.69) is 33.0 Å². The average Bonchev–Trinajstić information content (AvgIpc) is 3.25. The molecule has 3 aromatic rings. The highest BCUT2D eigenvalue weighted by molar-refractivity contribution is 9.10. The van der Waals surface area contributed by atoms with Crippen LogP contribution in [0.2, 0.25) is 0 Å². The van der Waals surface area contributed by atoms with Gasteiger partial charge in [-0.2, -0.15) is 0 Å². The highest BCUT2D eigenvalue weighted by Gasteiger charge is 2.47. The van der Waals surface area contributed by atoms with E-state index in [0.29, 0.717) is 0 Å². The fourth-order valence-electron chi connectivity index (χ4n) is 4.78. The summed E-state index contributed by atoms with van der Waals surface area (Å²) in [5, 5.41) is 1.02. The maximum absolute atomic E-state index is 13.3. The van der Waals surface area contributed by atoms with E-state index in [1.807, 2.05) is 24.3 Å². The van der Waals surface area contributed by atoms with Gasteiger partial charge in [-0.3, -0.25) is 4.79 Å². The van der Waals surface area contributed by atoms with Crippen LogP contribution in [0.3, 0.4) is 0 Å². The molecule has 5 rings (SSSR count). The fraction of sp³-hybridized carbons (Fsp3) is 0.286. The number of ether oxygens (including phenoxy) is 1. The summed E-state index contributed by atoms with van der Waals surface area (Å²) in [4.78, 5) is 16.9. The van der Waals surface area contributed by atoms with Gasteiger partial charge in [-0.25, -0.2) is 0 Å². The topological polar surface area (TPSA) is 42.1 Å². The second kappa shape index (κ2) is 5.21. The van der Waals surface area contributed by atoms with Gasteiger partial charge >= 0.3 is 0 Å². The molecule has 0 atom stereocenters. The number of aromatic amines is 1. The fourth-order valence-corrected chi connectivity index (χ4v) is 5.14. The summed E-state index contributed by atoms with van der Waals surface area (Å²) in [6.45, 7) is 0. The van der Waals surface area contributed by atoms with E-state index in [4.69, 9.17) is 4.74 Å². The Kier molecular flexibility index (Phi) is 3.17. The van der Waals surface area contributed by atoms with E-state index in [1.165, 1.54) is 12.8 Å². The minimum absolute atomic E-state index is 0.0986. The summed E-state index contributed by atoms with van der Waals surface area (Å²) in [5.41, 5.74) is 4.86. The van der Waals surface area contributed by atoms with Crippen LogP contribution in [0.25, 0.3) is 10.9 Å². The molecule has 3 nitrogen and oxygen atoms in total. The van der Waals surface area contributed by atoms with Gasteiger partial charge in [0, 0.05) is 32.0 Å². The lowest BCUT2D eigenvalue weighted by molar-refractivity contribution is 0.103. The van der Waals surface area contributed by atoms with Crippen molar-refractivity contribution in [2.45, 2.75) is 31.1 Å². The third kappa shape index (κ3) is 1.94. The van der Waals surface area contributed by atoms with Gasteiger partial charge in [-0.05, 0) is 48.7 Å². The van der Waals surface area contributed by atoms with Crippen molar-refractivity contribution in [3.63, 3.8) is 0 Å². The molecule has 0 amide bonds. The molecule has 0 bridgehead atoms. The predicted molar refractivity (Wildman–Crippen MR) is 102 cm³/mol. The van der Waals surface area contributed by atoms with Gasteiger partial charge < -0.3 is 9.72 Å². The average molecular weight is 396 g/mol. The number of H-pyrrole nitrogens is 1. The van der Waals surface area contributed by atoms with Crippen molar-refractivity contribution < 1.29 is 9.53 Å². The number of carbonyl (C=O) groups is 1. The summed E-state index contributed by atoms with van der Waals surface area (Å²) >= 11 is 3.54. The van der Waals surface area contributed by atoms with Crippen molar-refractivity contribution in [1.82, 2.24) is 4.98 Å². The number of halogens is 1. The van der Waals surface area contributed by atoms with E-state index in [9.17, 15) is 4.79 Å². The molecule has 2 aliphatic carbocycles. The van der Waals surface area contributed by atoms with Crippen LogP contribution in [0.15, 0.2) is 40.9 Å². The largest absolute Gasteiger partial charge is 0.497 e. The lowest BCUT2D eigenvalue weighted by Gasteiger charge is -2.35. The second-order valence-electron chi connectivity index (χ2n) is 7.09. The molecule has 126 valence electrons. The Labute approximate surface area is 154 Å². The van der Waals surface area contributed by atoms with Crippen molar-refractivity contribution in [3.05, 3.63) is 63.3 Å². The van der Waals surface area contributed by atoms with Crippen LogP contribution >= 0.6 is 15.9 Å². The van der Waals surface area contributed by atoms with Crippen molar-refractivity contribution >= 4 is 32.6 Å². The normalized spacial score (nSPS) is 17.8. The lowest BCUT2D eigenvalue weighted by Crippen LogP contribution is -2.33. The maximum atomic E-state index is 13.3. The molecule has 2 aliphatic rings. The Morgan fingerprint density at radius 1 is 1.12 bits per heavy atom. The molecule has 0 saturated heterocycles. The van der Waals surface area contributed by atoms with Crippen LogP contribution in [-0.4, -0.2) is 17.9 Å². The first kappa shape index (κ1) is 15.2. The highest BCUT2D eigenvalue weighted by atomic mass is 79.9. The van der Waals surface area contributed by atoms with Crippen molar-refractivity contribution in [2.24, 2.45) is 0 Å². The molecular weight excluding hydrogens is 378 g/mol. The maximum Gasteiger partial charge on any atom is 0.195 e. The van der Waals surface area contributed by atoms with Crippen molar-refractivity contribution in [1.29, 1.82) is 0 Å². The summed E-state index contributed by atoms with van der Waals surface area (Å²) in [6, 6.07) is 12.0. The highest BCUT2D eigenvalue weighted by Crippen LogP contribution is 2.53. The molecule has 1 fully saturated rings. The minimum atomic E-state index is -0.0986. The number of hydrogen-bond acceptors (Lipinski definition) is 2. The Balaban J connectivity index is 1.88. The Morgan fingerprint density at radius 2 is 1.92 bits per heavy atom. The van der Waals surface area contributed by atoms with Gasteiger partial charge in [-0.15, -0.1) is 0 Å². The monoisotopic (exact) mass is 395 g/mol. The molecule has 25 heavy (non-hydrogen) atoms. The number of aromatic nitrogens is 1. The number of methoxy groups -OCH3 is 1. The first-order chi connectivity index (χ1) is 12.1. The lowest BCUT2D eigenvalue weighted by atomic mass is 9.67. The molecule has 0 aliphatic heterocycles. The van der Waals surface area contributed by atoms with Gasteiger partial charge in [0.25, 0.3) is 0 Å². The molecule has 1 saturated carbocycles. The van der Waals surface area contributed by atoms with Gasteiger partial charge in [0.1, 0.15) is 5.75 Å². The number of benzene rings is 2. The number of nitrogens with one attached hydrogen (secondary N) is 1. The third-order valence-electron chi connectivity index (χ3n) is 5.91. The molecular formula is C21H18BrNO2. The smallest absolute Gasteiger partial charge is 0.195 e. The van der Waals surface area contributed by atoms with Gasteiger partial charge in [0.05, 0.1) is 12.7 Å². The van der Waals surface area contributed by atoms with Crippen molar-refractivity contribution in [3.8, 4) is 5.75 Å². The van der Waals surface area contributed by atoms with Crippen LogP contribution in [0.4, 0.5) is 0 Å². The quantitative estimate of drug-likeness (QED) is 0.603. The van der Waals surface area contributed by atoms with Gasteiger partial charge in [0.2, 0.25) is 0 Å². The van der Waals surface area contributed by atoms with E-state index in [0.717, 1.165) is 56.4 Å². The predicted octanol–water partition coefficient (Wildman–Crippen LogP) is 5.34. The number of ketones is 1. The molecule has 1 N–H and O–H groups in total. The first-order valence-electron chi connectivity index (χ1n) is 8.69. The molecule has 1 heterocycles. The van der Waals surface area contributed by atoms with E-state index >= 15 is 0 Å². The van der Waals surface area contributed by atoms with E-state index in [1.54, 1.807) is 7.11 Å². The zero-order valence-corrected chi connectivity index (χ0v) is 15.6. The van der Waals surface area contributed by atoms with Crippen LogP contribution in [0.5, 0.6) is 5.75 Å². The molecule has 0 radical (unpaired) electrons. The standard InChI is InChI=1S/C21H18BrNO2/c1-25-13-5-7-14-16(11-13)21(8-2-3-9-21)20-18(19(14)24)15-6-4-12(22)10-17(15)23-20/h4-7,10-11,23H,2-3,8-9H2,1H3. The number of hydrogen-bond donors (Lipinski definition) is 1. The Bertz CT molecular complexity index is 1030. The first-order valence-corrected chi connectivity index (χ1v) is 9.48. The Hall–Kier alpha value is -2.07. The van der Waals surface area contributed by atoms with Crippen LogP contribution in [-0.2, 0) is 5.41 Å². The van der Waals surface area contributed by atoms with Crippen LogP contribution in [0, 0.1) is 0 Å². The molecule has 1 aromatic heterocycles. The van der Waals surface area contributed by atoms with Gasteiger partial charge in [-0.1, -0.05) is 34.8 Å². The third-order valence-corrected chi connectivity index (χ3v) is 6.40. The van der Waals surface area contributed by atoms with Gasteiger partial charge in [0.15, 0.2) is 5.78 Å². The summed E-state index contributed by atoms with van der Waals surface area (Å²) in [6.07, 6.45) is 4.51. The number of fused-ring (bicyclic) bond motifs is 6. The summed E-state index contributed by atoms with van der Waals surface area (Å²) < 4.78 is 6.47. The zero-order valence-electron chi connectivity index (χ0n) is 14.0.